The van der Waals surface area contributed by atoms with Gasteiger partial charge in [-0.3, -0.25) is 4.79 Å². The zero-order valence-electron chi connectivity index (χ0n) is 16.3. The molecule has 0 saturated heterocycles. The van der Waals surface area contributed by atoms with Gasteiger partial charge in [-0.1, -0.05) is 29.3 Å². The number of aromatic nitrogens is 4. The average Bonchev–Trinajstić information content (AvgIpc) is 3.35. The van der Waals surface area contributed by atoms with E-state index in [0.29, 0.717) is 38.5 Å². The highest BCUT2D eigenvalue weighted by Crippen LogP contribution is 2.31. The van der Waals surface area contributed by atoms with Crippen LogP contribution >= 0.6 is 23.2 Å². The molecule has 0 aliphatic rings. The van der Waals surface area contributed by atoms with Crippen LogP contribution < -0.4 is 11.1 Å². The van der Waals surface area contributed by atoms with E-state index >= 15 is 0 Å². The Balaban J connectivity index is 1.63. The zero-order chi connectivity index (χ0) is 22.8. The molecule has 0 aliphatic heterocycles. The number of carbonyl (C=O) groups is 1. The fourth-order valence-electron chi connectivity index (χ4n) is 3.19. The summed E-state index contributed by atoms with van der Waals surface area (Å²) in [6.07, 6.45) is 2.04. The van der Waals surface area contributed by atoms with Crippen LogP contribution in [0.15, 0.2) is 61.1 Å². The number of halogens is 4. The maximum Gasteiger partial charge on any atom is 0.271 e. The van der Waals surface area contributed by atoms with E-state index in [1.165, 1.54) is 21.6 Å². The molecule has 1 amide bonds. The smallest absolute Gasteiger partial charge is 0.271 e. The maximum atomic E-state index is 12.8. The van der Waals surface area contributed by atoms with E-state index in [1.54, 1.807) is 48.7 Å². The Hall–Kier alpha value is -3.43. The first-order chi connectivity index (χ1) is 15.3. The second-order valence-corrected chi connectivity index (χ2v) is 7.58. The van der Waals surface area contributed by atoms with Gasteiger partial charge in [0.1, 0.15) is 11.5 Å². The summed E-state index contributed by atoms with van der Waals surface area (Å²) in [4.78, 5) is 16.1. The molecule has 4 rings (SSSR count). The van der Waals surface area contributed by atoms with Gasteiger partial charge in [0.05, 0.1) is 28.5 Å². The van der Waals surface area contributed by atoms with Gasteiger partial charge in [-0.15, -0.1) is 0 Å². The van der Waals surface area contributed by atoms with Gasteiger partial charge in [0.2, 0.25) is 0 Å². The highest BCUT2D eigenvalue weighted by Gasteiger charge is 2.18. The van der Waals surface area contributed by atoms with Gasteiger partial charge in [-0.05, 0) is 36.4 Å². The minimum absolute atomic E-state index is 0.00228. The molecular weight excluding hydrogens is 461 g/mol. The molecule has 0 radical (unpaired) electrons. The topological polar surface area (TPSA) is 90.8 Å². The number of primary amides is 1. The Labute approximate surface area is 191 Å². The third kappa shape index (κ3) is 4.44. The van der Waals surface area contributed by atoms with E-state index in [4.69, 9.17) is 28.9 Å². The van der Waals surface area contributed by atoms with Gasteiger partial charge in [0.15, 0.2) is 5.69 Å². The quantitative estimate of drug-likeness (QED) is 0.385. The van der Waals surface area contributed by atoms with Crippen molar-refractivity contribution < 1.29 is 13.6 Å². The number of alkyl halides is 2. The highest BCUT2D eigenvalue weighted by atomic mass is 35.5. The highest BCUT2D eigenvalue weighted by molar-refractivity contribution is 6.37. The first-order valence-corrected chi connectivity index (χ1v) is 10.1. The second kappa shape index (κ2) is 8.97. The molecule has 0 spiro atoms. The Morgan fingerprint density at radius 3 is 2.44 bits per heavy atom. The van der Waals surface area contributed by atoms with E-state index < -0.39 is 18.9 Å². The van der Waals surface area contributed by atoms with Crippen LogP contribution in [0.1, 0.15) is 10.5 Å². The SMILES string of the molecule is NC(=O)c1nn(-c2c(Cl)cccc2Cl)cc1Nc1ccc(-c2nccn2CC(F)F)cc1. The summed E-state index contributed by atoms with van der Waals surface area (Å²) < 4.78 is 28.3. The maximum absolute atomic E-state index is 12.8. The van der Waals surface area contributed by atoms with Crippen LogP contribution in [0.4, 0.5) is 20.2 Å². The van der Waals surface area contributed by atoms with Gasteiger partial charge in [-0.25, -0.2) is 18.4 Å². The lowest BCUT2D eigenvalue weighted by molar-refractivity contribution is 0.0996. The van der Waals surface area contributed by atoms with Crippen molar-refractivity contribution in [2.24, 2.45) is 5.73 Å². The summed E-state index contributed by atoms with van der Waals surface area (Å²) in [6, 6.07) is 11.9. The molecule has 3 N–H and O–H groups in total. The summed E-state index contributed by atoms with van der Waals surface area (Å²) in [6.45, 7) is -0.443. The second-order valence-electron chi connectivity index (χ2n) is 6.77. The average molecular weight is 477 g/mol. The Kier molecular flexibility index (Phi) is 6.11. The first-order valence-electron chi connectivity index (χ1n) is 9.34. The van der Waals surface area contributed by atoms with Crippen LogP contribution in [-0.4, -0.2) is 31.7 Å². The Bertz CT molecular complexity index is 1250. The number of nitrogens with two attached hydrogens (primary N) is 1. The van der Waals surface area contributed by atoms with E-state index in [0.717, 1.165) is 0 Å². The number of nitrogens with zero attached hydrogens (tertiary/aromatic N) is 4. The summed E-state index contributed by atoms with van der Waals surface area (Å²) in [7, 11) is 0. The molecule has 2 aromatic heterocycles. The Morgan fingerprint density at radius 1 is 1.12 bits per heavy atom. The monoisotopic (exact) mass is 476 g/mol. The largest absolute Gasteiger partial charge is 0.364 e. The van der Waals surface area contributed by atoms with Crippen LogP contribution in [0.2, 0.25) is 10.0 Å². The lowest BCUT2D eigenvalue weighted by Crippen LogP contribution is -2.14. The van der Waals surface area contributed by atoms with Gasteiger partial charge >= 0.3 is 0 Å². The van der Waals surface area contributed by atoms with E-state index in [1.807, 2.05) is 0 Å². The molecule has 4 aromatic rings. The summed E-state index contributed by atoms with van der Waals surface area (Å²) in [5.41, 5.74) is 7.52. The number of anilines is 2. The van der Waals surface area contributed by atoms with E-state index in [2.05, 4.69) is 15.4 Å². The van der Waals surface area contributed by atoms with Crippen molar-refractivity contribution in [1.29, 1.82) is 0 Å². The number of hydrogen-bond acceptors (Lipinski definition) is 4. The standard InChI is InChI=1S/C21H16Cl2F2N6O/c22-14-2-1-3-15(23)19(14)31-10-16(18(29-31)20(26)32)28-13-6-4-12(5-7-13)21-27-8-9-30(21)11-17(24)25/h1-10,17,28H,11H2,(H2,26,32). The lowest BCUT2D eigenvalue weighted by Gasteiger charge is -2.09. The fraction of sp³-hybridized carbons (Fsp3) is 0.0952. The third-order valence-corrected chi connectivity index (χ3v) is 5.20. The van der Waals surface area contributed by atoms with Crippen LogP contribution in [0.5, 0.6) is 0 Å². The molecule has 0 unspecified atom stereocenters. The Morgan fingerprint density at radius 2 is 1.81 bits per heavy atom. The van der Waals surface area contributed by atoms with Gasteiger partial charge in [-0.2, -0.15) is 5.10 Å². The number of amides is 1. The molecule has 0 fully saturated rings. The minimum atomic E-state index is -2.49. The molecule has 0 bridgehead atoms. The number of imidazole rings is 1. The normalized spacial score (nSPS) is 11.2. The summed E-state index contributed by atoms with van der Waals surface area (Å²) in [5, 5.41) is 8.01. The molecule has 0 aliphatic carbocycles. The van der Waals surface area contributed by atoms with Crippen molar-refractivity contribution in [3.8, 4) is 17.1 Å². The molecule has 2 aromatic carbocycles. The summed E-state index contributed by atoms with van der Waals surface area (Å²) in [5.74, 6) is -0.309. The van der Waals surface area contributed by atoms with Crippen molar-refractivity contribution in [2.75, 3.05) is 5.32 Å². The lowest BCUT2D eigenvalue weighted by atomic mass is 10.2. The number of carbonyl (C=O) groups excluding carboxylic acids is 1. The number of para-hydroxylation sites is 1. The van der Waals surface area contributed by atoms with Crippen molar-refractivity contribution in [3.05, 3.63) is 76.8 Å². The van der Waals surface area contributed by atoms with Crippen LogP contribution in [0, 0.1) is 0 Å². The zero-order valence-corrected chi connectivity index (χ0v) is 17.9. The first kappa shape index (κ1) is 21.8. The van der Waals surface area contributed by atoms with Crippen LogP contribution in [-0.2, 0) is 6.54 Å². The number of rotatable bonds is 7. The molecule has 11 heteroatoms. The number of hydrogen-bond donors (Lipinski definition) is 2. The van der Waals surface area contributed by atoms with Crippen LogP contribution in [0.3, 0.4) is 0 Å². The molecule has 164 valence electrons. The molecule has 7 nitrogen and oxygen atoms in total. The van der Waals surface area contributed by atoms with Crippen molar-refractivity contribution in [3.63, 3.8) is 0 Å². The molecular formula is C21H16Cl2F2N6O. The van der Waals surface area contributed by atoms with Crippen LogP contribution in [0.25, 0.3) is 17.1 Å². The van der Waals surface area contributed by atoms with Gasteiger partial charge in [0, 0.05) is 23.6 Å². The molecule has 32 heavy (non-hydrogen) atoms. The number of benzene rings is 2. The van der Waals surface area contributed by atoms with Gasteiger partial charge < -0.3 is 15.6 Å². The van der Waals surface area contributed by atoms with Crippen molar-refractivity contribution in [1.82, 2.24) is 19.3 Å². The number of nitrogens with one attached hydrogen (secondary N) is 1. The predicted molar refractivity (Wildman–Crippen MR) is 119 cm³/mol. The third-order valence-electron chi connectivity index (χ3n) is 4.59. The van der Waals surface area contributed by atoms with Gasteiger partial charge in [0.25, 0.3) is 12.3 Å². The van der Waals surface area contributed by atoms with Crippen molar-refractivity contribution in [2.45, 2.75) is 13.0 Å². The molecule has 0 saturated carbocycles. The van der Waals surface area contributed by atoms with Crippen molar-refractivity contribution >= 4 is 40.5 Å². The molecule has 0 atom stereocenters. The van der Waals surface area contributed by atoms with E-state index in [-0.39, 0.29) is 5.69 Å². The molecule has 2 heterocycles. The summed E-state index contributed by atoms with van der Waals surface area (Å²) >= 11 is 12.5. The predicted octanol–water partition coefficient (Wildman–Crippen LogP) is 5.15. The minimum Gasteiger partial charge on any atom is -0.364 e. The van der Waals surface area contributed by atoms with E-state index in [9.17, 15) is 13.6 Å². The fourth-order valence-corrected chi connectivity index (χ4v) is 3.76.